The average Bonchev–Trinajstić information content (AvgIpc) is 2.43. The number of nitrogens with one attached hydrogen (secondary N) is 1. The third kappa shape index (κ3) is 6.41. The molecule has 2 nitrogen and oxygen atoms in total. The third-order valence-corrected chi connectivity index (χ3v) is 3.96. The molecule has 0 aliphatic heterocycles. The van der Waals surface area contributed by atoms with Gasteiger partial charge in [-0.15, -0.1) is 0 Å². The molecule has 0 radical (unpaired) electrons. The van der Waals surface area contributed by atoms with Crippen LogP contribution in [0, 0.1) is 23.5 Å². The fourth-order valence-electron chi connectivity index (χ4n) is 2.43. The Hall–Kier alpha value is -0.520. The Morgan fingerprint density at radius 3 is 2.62 bits per heavy atom. The van der Waals surface area contributed by atoms with Crippen LogP contribution in [0.15, 0.2) is 16.6 Å². The lowest BCUT2D eigenvalue weighted by Crippen LogP contribution is -2.28. The molecule has 1 unspecified atom stereocenters. The second-order valence-electron chi connectivity index (χ2n) is 5.72. The normalized spacial score (nSPS) is 12.9. The van der Waals surface area contributed by atoms with E-state index in [4.69, 9.17) is 4.74 Å². The van der Waals surface area contributed by atoms with Gasteiger partial charge in [-0.1, -0.05) is 13.8 Å². The molecule has 120 valence electrons. The van der Waals surface area contributed by atoms with Crippen molar-refractivity contribution in [2.75, 3.05) is 26.8 Å². The third-order valence-electron chi connectivity index (χ3n) is 3.35. The number of halogens is 3. The van der Waals surface area contributed by atoms with Gasteiger partial charge in [-0.05, 0) is 59.3 Å². The lowest BCUT2D eigenvalue weighted by Gasteiger charge is -2.20. The maximum absolute atomic E-state index is 14.1. The molecular formula is C16H24BrF2NO. The quantitative estimate of drug-likeness (QED) is 0.525. The Kier molecular flexibility index (Phi) is 8.37. The van der Waals surface area contributed by atoms with Gasteiger partial charge in [0.25, 0.3) is 0 Å². The number of benzene rings is 1. The summed E-state index contributed by atoms with van der Waals surface area (Å²) in [4.78, 5) is 0. The number of rotatable bonds is 9. The lowest BCUT2D eigenvalue weighted by atomic mass is 9.90. The van der Waals surface area contributed by atoms with Gasteiger partial charge in [0.15, 0.2) is 0 Å². The first-order valence-corrected chi connectivity index (χ1v) is 8.07. The van der Waals surface area contributed by atoms with Crippen molar-refractivity contribution in [2.45, 2.75) is 26.7 Å². The van der Waals surface area contributed by atoms with Gasteiger partial charge in [0.1, 0.15) is 11.6 Å². The van der Waals surface area contributed by atoms with Crippen molar-refractivity contribution in [1.82, 2.24) is 5.32 Å². The molecule has 0 spiro atoms. The van der Waals surface area contributed by atoms with Crippen LogP contribution in [0.3, 0.4) is 0 Å². The predicted octanol–water partition coefficient (Wildman–Crippen LogP) is 4.17. The standard InChI is InChI=1S/C16H24BrF2NO/c1-11(2)8-12(10-20-6-7-21-3)9-13-15(18)5-4-14(17)16(13)19/h4-5,11-12,20H,6-10H2,1-3H3. The zero-order valence-electron chi connectivity index (χ0n) is 12.9. The molecule has 21 heavy (non-hydrogen) atoms. The molecule has 0 saturated carbocycles. The average molecular weight is 364 g/mol. The fourth-order valence-corrected chi connectivity index (χ4v) is 2.80. The van der Waals surface area contributed by atoms with E-state index in [1.807, 2.05) is 0 Å². The first kappa shape index (κ1) is 18.5. The summed E-state index contributed by atoms with van der Waals surface area (Å²) < 4.78 is 33.2. The summed E-state index contributed by atoms with van der Waals surface area (Å²) >= 11 is 3.12. The van der Waals surface area contributed by atoms with E-state index in [9.17, 15) is 8.78 Å². The number of methoxy groups -OCH3 is 1. The molecule has 0 aliphatic carbocycles. The van der Waals surface area contributed by atoms with Crippen LogP contribution in [0.1, 0.15) is 25.8 Å². The van der Waals surface area contributed by atoms with Crippen molar-refractivity contribution in [2.24, 2.45) is 11.8 Å². The molecule has 0 saturated heterocycles. The van der Waals surface area contributed by atoms with Crippen LogP contribution >= 0.6 is 15.9 Å². The van der Waals surface area contributed by atoms with Crippen LogP contribution < -0.4 is 5.32 Å². The van der Waals surface area contributed by atoms with Crippen LogP contribution in [0.25, 0.3) is 0 Å². The minimum absolute atomic E-state index is 0.170. The Labute approximate surface area is 134 Å². The zero-order valence-corrected chi connectivity index (χ0v) is 14.5. The van der Waals surface area contributed by atoms with Gasteiger partial charge in [0.2, 0.25) is 0 Å². The van der Waals surface area contributed by atoms with E-state index in [1.165, 1.54) is 12.1 Å². The van der Waals surface area contributed by atoms with E-state index in [-0.39, 0.29) is 11.5 Å². The summed E-state index contributed by atoms with van der Waals surface area (Å²) in [5, 5.41) is 3.28. The Balaban J connectivity index is 2.73. The predicted molar refractivity (Wildman–Crippen MR) is 85.5 cm³/mol. The van der Waals surface area contributed by atoms with E-state index in [0.29, 0.717) is 23.4 Å². The van der Waals surface area contributed by atoms with Crippen LogP contribution in [0.4, 0.5) is 8.78 Å². The SMILES string of the molecule is COCCNCC(Cc1c(F)ccc(Br)c1F)CC(C)C. The maximum Gasteiger partial charge on any atom is 0.143 e. The molecule has 1 atom stereocenters. The number of hydrogen-bond acceptors (Lipinski definition) is 2. The molecule has 1 N–H and O–H groups in total. The summed E-state index contributed by atoms with van der Waals surface area (Å²) in [6.45, 7) is 6.35. The van der Waals surface area contributed by atoms with Crippen molar-refractivity contribution in [1.29, 1.82) is 0 Å². The molecule has 5 heteroatoms. The summed E-state index contributed by atoms with van der Waals surface area (Å²) in [6, 6.07) is 2.72. The van der Waals surface area contributed by atoms with E-state index < -0.39 is 11.6 Å². The molecule has 1 aromatic carbocycles. The Bertz CT molecular complexity index is 441. The van der Waals surface area contributed by atoms with Gasteiger partial charge in [0, 0.05) is 19.2 Å². The zero-order chi connectivity index (χ0) is 15.8. The summed E-state index contributed by atoms with van der Waals surface area (Å²) in [7, 11) is 1.65. The van der Waals surface area contributed by atoms with E-state index in [0.717, 1.165) is 19.5 Å². The molecule has 1 rings (SSSR count). The van der Waals surface area contributed by atoms with Crippen LogP contribution in [-0.2, 0) is 11.2 Å². The second-order valence-corrected chi connectivity index (χ2v) is 6.57. The molecule has 0 aromatic heterocycles. The van der Waals surface area contributed by atoms with Crippen LogP contribution in [-0.4, -0.2) is 26.8 Å². The molecule has 1 aromatic rings. The molecule has 0 fully saturated rings. The van der Waals surface area contributed by atoms with Gasteiger partial charge >= 0.3 is 0 Å². The van der Waals surface area contributed by atoms with E-state index in [1.54, 1.807) is 7.11 Å². The highest BCUT2D eigenvalue weighted by Crippen LogP contribution is 2.25. The summed E-state index contributed by atoms with van der Waals surface area (Å²) in [5.41, 5.74) is 0.170. The molecule has 0 amide bonds. The lowest BCUT2D eigenvalue weighted by molar-refractivity contribution is 0.197. The maximum atomic E-state index is 14.1. The van der Waals surface area contributed by atoms with Crippen molar-refractivity contribution < 1.29 is 13.5 Å². The van der Waals surface area contributed by atoms with Gasteiger partial charge in [-0.25, -0.2) is 8.78 Å². The highest BCUT2D eigenvalue weighted by molar-refractivity contribution is 9.10. The van der Waals surface area contributed by atoms with E-state index in [2.05, 4.69) is 35.1 Å². The topological polar surface area (TPSA) is 21.3 Å². The summed E-state index contributed by atoms with van der Waals surface area (Å²) in [6.07, 6.45) is 1.32. The second kappa shape index (κ2) is 9.49. The van der Waals surface area contributed by atoms with Gasteiger partial charge in [-0.3, -0.25) is 0 Å². The fraction of sp³-hybridized carbons (Fsp3) is 0.625. The summed E-state index contributed by atoms with van der Waals surface area (Å²) in [5.74, 6) is -0.278. The van der Waals surface area contributed by atoms with Gasteiger partial charge in [0.05, 0.1) is 11.1 Å². The van der Waals surface area contributed by atoms with Crippen molar-refractivity contribution >= 4 is 15.9 Å². The monoisotopic (exact) mass is 363 g/mol. The van der Waals surface area contributed by atoms with Crippen molar-refractivity contribution in [3.8, 4) is 0 Å². The molecule has 0 heterocycles. The number of ether oxygens (including phenoxy) is 1. The van der Waals surface area contributed by atoms with Crippen molar-refractivity contribution in [3.05, 3.63) is 33.8 Å². The first-order valence-electron chi connectivity index (χ1n) is 7.27. The smallest absolute Gasteiger partial charge is 0.143 e. The van der Waals surface area contributed by atoms with Crippen LogP contribution in [0.5, 0.6) is 0 Å². The van der Waals surface area contributed by atoms with Gasteiger partial charge < -0.3 is 10.1 Å². The minimum atomic E-state index is -0.486. The molecular weight excluding hydrogens is 340 g/mol. The Morgan fingerprint density at radius 1 is 1.29 bits per heavy atom. The van der Waals surface area contributed by atoms with Gasteiger partial charge in [-0.2, -0.15) is 0 Å². The van der Waals surface area contributed by atoms with E-state index >= 15 is 0 Å². The van der Waals surface area contributed by atoms with Crippen molar-refractivity contribution in [3.63, 3.8) is 0 Å². The van der Waals surface area contributed by atoms with Crippen LogP contribution in [0.2, 0.25) is 0 Å². The largest absolute Gasteiger partial charge is 0.383 e. The highest BCUT2D eigenvalue weighted by Gasteiger charge is 2.18. The Morgan fingerprint density at radius 2 is 2.00 bits per heavy atom. The first-order chi connectivity index (χ1) is 9.95. The minimum Gasteiger partial charge on any atom is -0.383 e. The highest BCUT2D eigenvalue weighted by atomic mass is 79.9. The molecule has 0 aliphatic rings. The molecule has 0 bridgehead atoms. The number of hydrogen-bond donors (Lipinski definition) is 1.